The summed E-state index contributed by atoms with van der Waals surface area (Å²) in [4.78, 5) is 21.3. The fourth-order valence-corrected chi connectivity index (χ4v) is 6.19. The third-order valence-corrected chi connectivity index (χ3v) is 8.27. The highest BCUT2D eigenvalue weighted by Crippen LogP contribution is 2.32. The average molecular weight is 552 g/mol. The van der Waals surface area contributed by atoms with Gasteiger partial charge in [0.05, 0.1) is 24.3 Å². The summed E-state index contributed by atoms with van der Waals surface area (Å²) in [6.45, 7) is 3.11. The molecule has 3 aromatic carbocycles. The van der Waals surface area contributed by atoms with Crippen molar-refractivity contribution in [2.24, 2.45) is 0 Å². The van der Waals surface area contributed by atoms with Crippen molar-refractivity contribution in [3.05, 3.63) is 101 Å². The van der Waals surface area contributed by atoms with E-state index in [1.165, 1.54) is 5.56 Å². The van der Waals surface area contributed by atoms with Crippen LogP contribution in [0, 0.1) is 0 Å². The molecule has 4 aromatic rings. The van der Waals surface area contributed by atoms with E-state index in [1.54, 1.807) is 0 Å². The molecule has 7 rings (SSSR count). The quantitative estimate of drug-likeness (QED) is 0.359. The van der Waals surface area contributed by atoms with E-state index in [-0.39, 0.29) is 30.8 Å². The molecular weight excluding hydrogens is 518 g/mol. The van der Waals surface area contributed by atoms with E-state index >= 15 is 0 Å². The minimum absolute atomic E-state index is 0.159. The molecule has 0 unspecified atom stereocenters. The lowest BCUT2D eigenvalue weighted by atomic mass is 9.95. The van der Waals surface area contributed by atoms with Gasteiger partial charge >= 0.3 is 0 Å². The topological polar surface area (TPSA) is 93.2 Å². The smallest absolute Gasteiger partial charge is 0.256 e. The highest BCUT2D eigenvalue weighted by Gasteiger charge is 2.48. The van der Waals surface area contributed by atoms with Gasteiger partial charge in [0.25, 0.3) is 5.91 Å². The van der Waals surface area contributed by atoms with Gasteiger partial charge in [-0.1, -0.05) is 54.6 Å². The van der Waals surface area contributed by atoms with Gasteiger partial charge in [0.2, 0.25) is 0 Å². The Morgan fingerprint density at radius 3 is 2.73 bits per heavy atom. The fraction of sp³-hybridized carbons (Fsp3) is 0.333. The number of pyridine rings is 1. The Morgan fingerprint density at radius 2 is 1.83 bits per heavy atom. The molecule has 0 bridgehead atoms. The number of nitrogens with one attached hydrogen (secondary N) is 1. The number of carbonyl (C=O) groups excluding carboxylic acids is 1. The van der Waals surface area contributed by atoms with Crippen molar-refractivity contribution in [2.75, 3.05) is 31.6 Å². The van der Waals surface area contributed by atoms with Crippen LogP contribution in [0.2, 0.25) is 0 Å². The average Bonchev–Trinajstić information content (AvgIpc) is 3.58. The molecule has 0 radical (unpaired) electrons. The summed E-state index contributed by atoms with van der Waals surface area (Å²) >= 11 is 0. The molecule has 210 valence electrons. The van der Waals surface area contributed by atoms with E-state index in [9.17, 15) is 9.90 Å². The lowest BCUT2D eigenvalue weighted by Crippen LogP contribution is -2.34. The van der Waals surface area contributed by atoms with E-state index < -0.39 is 6.10 Å². The first-order chi connectivity index (χ1) is 20.1. The van der Waals surface area contributed by atoms with Gasteiger partial charge in [0.1, 0.15) is 24.1 Å². The summed E-state index contributed by atoms with van der Waals surface area (Å²) in [6.07, 6.45) is 0.157. The lowest BCUT2D eigenvalue weighted by molar-refractivity contribution is 0.00864. The van der Waals surface area contributed by atoms with E-state index in [2.05, 4.69) is 34.5 Å². The highest BCUT2D eigenvalue weighted by atomic mass is 16.6. The first kappa shape index (κ1) is 26.1. The second-order valence-electron chi connectivity index (χ2n) is 11.0. The van der Waals surface area contributed by atoms with E-state index in [1.807, 2.05) is 54.6 Å². The highest BCUT2D eigenvalue weighted by molar-refractivity contribution is 6.13. The maximum absolute atomic E-state index is 14.0. The summed E-state index contributed by atoms with van der Waals surface area (Å²) < 4.78 is 17.6. The second-order valence-corrected chi connectivity index (χ2v) is 11.0. The summed E-state index contributed by atoms with van der Waals surface area (Å²) in [7, 11) is 0. The summed E-state index contributed by atoms with van der Waals surface area (Å²) in [5, 5.41) is 14.0. The number of benzene rings is 3. The zero-order valence-corrected chi connectivity index (χ0v) is 22.7. The van der Waals surface area contributed by atoms with E-state index in [4.69, 9.17) is 19.2 Å². The van der Waals surface area contributed by atoms with Crippen LogP contribution in [-0.4, -0.2) is 71.6 Å². The minimum Gasteiger partial charge on any atom is -0.485 e. The normalized spacial score (nSPS) is 23.7. The van der Waals surface area contributed by atoms with Gasteiger partial charge in [-0.2, -0.15) is 0 Å². The van der Waals surface area contributed by atoms with Gasteiger partial charge in [-0.25, -0.2) is 0 Å². The van der Waals surface area contributed by atoms with Crippen LogP contribution in [0.5, 0.6) is 5.75 Å². The number of para-hydroxylation sites is 1. The van der Waals surface area contributed by atoms with Crippen LogP contribution in [0.25, 0.3) is 10.9 Å². The molecule has 0 aliphatic carbocycles. The maximum atomic E-state index is 14.0. The number of carbonyl (C=O) groups is 1. The predicted octanol–water partition coefficient (Wildman–Crippen LogP) is 3.99. The van der Waals surface area contributed by atoms with Gasteiger partial charge in [0, 0.05) is 54.5 Å². The molecule has 2 fully saturated rings. The minimum atomic E-state index is -0.630. The Kier molecular flexibility index (Phi) is 7.14. The van der Waals surface area contributed by atoms with E-state index in [0.29, 0.717) is 30.2 Å². The second kappa shape index (κ2) is 11.2. The van der Waals surface area contributed by atoms with Crippen molar-refractivity contribution in [3.8, 4) is 5.75 Å². The van der Waals surface area contributed by atoms with Crippen LogP contribution in [0.3, 0.4) is 0 Å². The first-order valence-corrected chi connectivity index (χ1v) is 14.3. The van der Waals surface area contributed by atoms with Crippen LogP contribution in [0.4, 0.5) is 5.69 Å². The molecule has 3 aliphatic heterocycles. The van der Waals surface area contributed by atoms with Crippen LogP contribution >= 0.6 is 0 Å². The number of ether oxygens (including phenoxy) is 3. The molecule has 1 amide bonds. The monoisotopic (exact) mass is 551 g/mol. The Hall–Kier alpha value is -3.82. The van der Waals surface area contributed by atoms with Crippen LogP contribution in [0.1, 0.15) is 27.2 Å². The van der Waals surface area contributed by atoms with Crippen molar-refractivity contribution in [1.29, 1.82) is 0 Å². The number of aliphatic hydroxyl groups is 1. The molecule has 2 saturated heterocycles. The van der Waals surface area contributed by atoms with Gasteiger partial charge in [-0.05, 0) is 30.2 Å². The van der Waals surface area contributed by atoms with Crippen LogP contribution < -0.4 is 10.1 Å². The number of anilines is 1. The molecule has 0 saturated carbocycles. The maximum Gasteiger partial charge on any atom is 0.256 e. The third kappa shape index (κ3) is 5.31. The van der Waals surface area contributed by atoms with Crippen molar-refractivity contribution >= 4 is 22.5 Å². The largest absolute Gasteiger partial charge is 0.485 e. The molecule has 4 atom stereocenters. The summed E-state index contributed by atoms with van der Waals surface area (Å²) in [5.74, 6) is 0.448. The Balaban J connectivity index is 1.12. The fourth-order valence-electron chi connectivity index (χ4n) is 6.19. The number of fused-ring (bicyclic) bond motifs is 3. The van der Waals surface area contributed by atoms with Crippen molar-refractivity contribution in [2.45, 2.75) is 43.8 Å². The third-order valence-electron chi connectivity index (χ3n) is 8.27. The number of nitrogens with zero attached hydrogens (tertiary/aromatic N) is 2. The molecule has 8 nitrogen and oxygen atoms in total. The number of aromatic nitrogens is 1. The number of rotatable bonds is 7. The summed E-state index contributed by atoms with van der Waals surface area (Å²) in [5.41, 5.74) is 5.46. The SMILES string of the molecule is O=C(Nc1cccc(O[C@H]2CO[C@H]3[C@@H]2OC[C@@H]3O)c1)c1c2c(nc3ccccc13)CCN(CCc1ccccc1)C2. The number of hydrogen-bond donors (Lipinski definition) is 2. The molecule has 4 heterocycles. The molecular formula is C33H33N3O5. The van der Waals surface area contributed by atoms with Crippen LogP contribution in [-0.2, 0) is 28.9 Å². The molecule has 2 N–H and O–H groups in total. The standard InChI is InChI=1S/C33H33N3O5/c37-28-19-39-32-29(20-40-31(28)32)41-23-10-6-9-22(17-23)34-33(38)30-24-11-4-5-12-26(24)35-27-14-16-36(18-25(27)30)15-13-21-7-2-1-3-8-21/h1-12,17,28-29,31-32,37H,13-16,18-20H2,(H,34,38)/t28-,29-,31+,32+/m0/s1. The van der Waals surface area contributed by atoms with Crippen molar-refractivity contribution in [1.82, 2.24) is 9.88 Å². The van der Waals surface area contributed by atoms with Crippen molar-refractivity contribution in [3.63, 3.8) is 0 Å². The number of aliphatic hydroxyl groups excluding tert-OH is 1. The van der Waals surface area contributed by atoms with E-state index in [0.717, 1.165) is 48.1 Å². The lowest BCUT2D eigenvalue weighted by Gasteiger charge is -2.30. The van der Waals surface area contributed by atoms with Gasteiger partial charge in [0.15, 0.2) is 6.10 Å². The first-order valence-electron chi connectivity index (χ1n) is 14.3. The molecule has 0 spiro atoms. The van der Waals surface area contributed by atoms with Crippen molar-refractivity contribution < 1.29 is 24.1 Å². The number of amides is 1. The van der Waals surface area contributed by atoms with Gasteiger partial charge in [-0.3, -0.25) is 14.7 Å². The molecule has 3 aliphatic rings. The van der Waals surface area contributed by atoms with Gasteiger partial charge < -0.3 is 24.6 Å². The van der Waals surface area contributed by atoms with Crippen LogP contribution in [0.15, 0.2) is 78.9 Å². The zero-order chi connectivity index (χ0) is 27.8. The Morgan fingerprint density at radius 1 is 1.00 bits per heavy atom. The Bertz CT molecular complexity index is 1560. The Labute approximate surface area is 238 Å². The van der Waals surface area contributed by atoms with Gasteiger partial charge in [-0.15, -0.1) is 0 Å². The molecule has 41 heavy (non-hydrogen) atoms. The molecule has 1 aromatic heterocycles. The predicted molar refractivity (Wildman–Crippen MR) is 155 cm³/mol. The summed E-state index contributed by atoms with van der Waals surface area (Å²) in [6, 6.07) is 25.8. The number of hydrogen-bond acceptors (Lipinski definition) is 7. The molecule has 8 heteroatoms. The zero-order valence-electron chi connectivity index (χ0n) is 22.7.